The summed E-state index contributed by atoms with van der Waals surface area (Å²) in [6.45, 7) is 5.80. The van der Waals surface area contributed by atoms with Crippen LogP contribution in [0.25, 0.3) is 5.57 Å². The molecule has 3 nitrogen and oxygen atoms in total. The Morgan fingerprint density at radius 3 is 2.12 bits per heavy atom. The van der Waals surface area contributed by atoms with E-state index in [0.29, 0.717) is 6.10 Å². The van der Waals surface area contributed by atoms with Crippen molar-refractivity contribution in [1.82, 2.24) is 4.90 Å². The molecule has 1 unspecified atom stereocenters. The molecule has 134 valence electrons. The molecule has 2 aromatic carbocycles. The van der Waals surface area contributed by atoms with Crippen LogP contribution in [0.1, 0.15) is 41.3 Å². The zero-order chi connectivity index (χ0) is 17.9. The second-order valence-electron chi connectivity index (χ2n) is 7.23. The van der Waals surface area contributed by atoms with Gasteiger partial charge in [-0.15, -0.1) is 0 Å². The minimum absolute atomic E-state index is 0.112. The van der Waals surface area contributed by atoms with Gasteiger partial charge in [0, 0.05) is 25.2 Å². The summed E-state index contributed by atoms with van der Waals surface area (Å²) in [6.07, 6.45) is 2.64. The first-order chi connectivity index (χ1) is 12.7. The van der Waals surface area contributed by atoms with Crippen molar-refractivity contribution in [2.75, 3.05) is 26.2 Å². The molecule has 4 rings (SSSR count). The maximum absolute atomic E-state index is 11.6. The Kier molecular flexibility index (Phi) is 5.00. The van der Waals surface area contributed by atoms with E-state index >= 15 is 0 Å². The van der Waals surface area contributed by atoms with Crippen molar-refractivity contribution in [2.24, 2.45) is 0 Å². The van der Waals surface area contributed by atoms with Gasteiger partial charge in [0.1, 0.15) is 0 Å². The lowest BCUT2D eigenvalue weighted by atomic mass is 9.88. The number of hydrogen-bond acceptors (Lipinski definition) is 3. The molecule has 2 aliphatic rings. The van der Waals surface area contributed by atoms with Crippen LogP contribution in [-0.4, -0.2) is 43.0 Å². The number of piperidine rings is 1. The van der Waals surface area contributed by atoms with Crippen LogP contribution < -0.4 is 0 Å². The van der Waals surface area contributed by atoms with Gasteiger partial charge in [0.15, 0.2) is 5.78 Å². The van der Waals surface area contributed by atoms with Crippen LogP contribution in [0.2, 0.25) is 0 Å². The number of carbonyl (C=O) groups excluding carboxylic acids is 1. The van der Waals surface area contributed by atoms with Crippen LogP contribution >= 0.6 is 0 Å². The Bertz CT molecular complexity index is 794. The van der Waals surface area contributed by atoms with Crippen LogP contribution in [0.4, 0.5) is 0 Å². The molecule has 0 aromatic heterocycles. The zero-order valence-corrected chi connectivity index (χ0v) is 15.3. The summed E-state index contributed by atoms with van der Waals surface area (Å²) in [5, 5.41) is 0. The summed E-state index contributed by atoms with van der Waals surface area (Å²) in [7, 11) is 0. The summed E-state index contributed by atoms with van der Waals surface area (Å²) in [5.41, 5.74) is 6.08. The maximum Gasteiger partial charge on any atom is 0.159 e. The molecule has 2 heterocycles. The Labute approximate surface area is 155 Å². The van der Waals surface area contributed by atoms with Gasteiger partial charge in [-0.1, -0.05) is 60.2 Å². The molecule has 2 fully saturated rings. The molecule has 3 heteroatoms. The first kappa shape index (κ1) is 17.2. The third-order valence-electron chi connectivity index (χ3n) is 5.32. The fraction of sp³-hybridized carbons (Fsp3) is 0.348. The lowest BCUT2D eigenvalue weighted by Crippen LogP contribution is -2.34. The molecule has 2 saturated heterocycles. The quantitative estimate of drug-likeness (QED) is 0.601. The van der Waals surface area contributed by atoms with Gasteiger partial charge in [-0.2, -0.15) is 0 Å². The lowest BCUT2D eigenvalue weighted by Gasteiger charge is -2.29. The summed E-state index contributed by atoms with van der Waals surface area (Å²) in [4.78, 5) is 14.1. The number of hydrogen-bond donors (Lipinski definition) is 0. The number of Topliss-reactive ketones (excluding diaryl/α,β-unsaturated/α-hetero) is 1. The fourth-order valence-corrected chi connectivity index (χ4v) is 3.77. The number of benzene rings is 2. The standard InChI is InChI=1S/C23H25NO2/c1-17(25)18-7-9-20(10-8-18)23(19-5-3-2-4-6-19)21-11-13-24(14-12-21)15-22-16-26-22/h2-10,22H,11-16H2,1H3. The van der Waals surface area contributed by atoms with E-state index in [9.17, 15) is 4.79 Å². The van der Waals surface area contributed by atoms with Crippen LogP contribution in [0.15, 0.2) is 60.2 Å². The van der Waals surface area contributed by atoms with E-state index in [4.69, 9.17) is 4.74 Å². The van der Waals surface area contributed by atoms with E-state index in [1.807, 2.05) is 12.1 Å². The van der Waals surface area contributed by atoms with Gasteiger partial charge in [0.2, 0.25) is 0 Å². The Morgan fingerprint density at radius 2 is 1.54 bits per heavy atom. The Morgan fingerprint density at radius 1 is 0.962 bits per heavy atom. The Balaban J connectivity index is 1.64. The van der Waals surface area contributed by atoms with E-state index < -0.39 is 0 Å². The number of carbonyl (C=O) groups is 1. The number of likely N-dealkylation sites (tertiary alicyclic amines) is 1. The van der Waals surface area contributed by atoms with E-state index in [1.165, 1.54) is 22.3 Å². The van der Waals surface area contributed by atoms with Crippen molar-refractivity contribution in [2.45, 2.75) is 25.9 Å². The van der Waals surface area contributed by atoms with Crippen molar-refractivity contribution in [1.29, 1.82) is 0 Å². The first-order valence-electron chi connectivity index (χ1n) is 9.43. The largest absolute Gasteiger partial charge is 0.372 e. The molecule has 2 aliphatic heterocycles. The minimum atomic E-state index is 0.112. The topological polar surface area (TPSA) is 32.8 Å². The molecule has 0 saturated carbocycles. The maximum atomic E-state index is 11.6. The van der Waals surface area contributed by atoms with Gasteiger partial charge >= 0.3 is 0 Å². The van der Waals surface area contributed by atoms with Crippen LogP contribution in [0.3, 0.4) is 0 Å². The van der Waals surface area contributed by atoms with E-state index in [2.05, 4.69) is 47.4 Å². The van der Waals surface area contributed by atoms with E-state index in [1.54, 1.807) is 6.92 Å². The van der Waals surface area contributed by atoms with Crippen molar-refractivity contribution in [3.8, 4) is 0 Å². The number of rotatable bonds is 5. The Hall–Kier alpha value is -2.23. The minimum Gasteiger partial charge on any atom is -0.372 e. The molecule has 2 aromatic rings. The van der Waals surface area contributed by atoms with Gasteiger partial charge in [-0.3, -0.25) is 4.79 Å². The second-order valence-corrected chi connectivity index (χ2v) is 7.23. The van der Waals surface area contributed by atoms with Crippen molar-refractivity contribution < 1.29 is 9.53 Å². The number of nitrogens with zero attached hydrogens (tertiary/aromatic N) is 1. The monoisotopic (exact) mass is 347 g/mol. The average molecular weight is 347 g/mol. The third kappa shape index (κ3) is 3.95. The average Bonchev–Trinajstić information content (AvgIpc) is 3.49. The molecule has 0 bridgehead atoms. The fourth-order valence-electron chi connectivity index (χ4n) is 3.77. The molecule has 0 N–H and O–H groups in total. The molecule has 0 aliphatic carbocycles. The zero-order valence-electron chi connectivity index (χ0n) is 15.3. The molecule has 1 atom stereocenters. The highest BCUT2D eigenvalue weighted by atomic mass is 16.6. The molecular weight excluding hydrogens is 322 g/mol. The molecule has 0 radical (unpaired) electrons. The smallest absolute Gasteiger partial charge is 0.159 e. The van der Waals surface area contributed by atoms with Crippen molar-refractivity contribution >= 4 is 11.4 Å². The lowest BCUT2D eigenvalue weighted by molar-refractivity contribution is 0.101. The number of ether oxygens (including phenoxy) is 1. The summed E-state index contributed by atoms with van der Waals surface area (Å²) >= 11 is 0. The van der Waals surface area contributed by atoms with Crippen LogP contribution in [0.5, 0.6) is 0 Å². The van der Waals surface area contributed by atoms with E-state index in [-0.39, 0.29) is 5.78 Å². The number of ketones is 1. The summed E-state index contributed by atoms with van der Waals surface area (Å²) < 4.78 is 5.37. The van der Waals surface area contributed by atoms with Crippen LogP contribution in [-0.2, 0) is 4.74 Å². The van der Waals surface area contributed by atoms with Gasteiger partial charge < -0.3 is 9.64 Å². The highest BCUT2D eigenvalue weighted by molar-refractivity contribution is 5.94. The molecular formula is C23H25NO2. The van der Waals surface area contributed by atoms with E-state index in [0.717, 1.165) is 44.6 Å². The predicted octanol–water partition coefficient (Wildman–Crippen LogP) is 4.19. The normalized spacial score (nSPS) is 20.0. The van der Waals surface area contributed by atoms with Crippen molar-refractivity contribution in [3.63, 3.8) is 0 Å². The number of epoxide rings is 1. The highest BCUT2D eigenvalue weighted by Gasteiger charge is 2.27. The van der Waals surface area contributed by atoms with Gasteiger partial charge in [0.05, 0.1) is 12.7 Å². The van der Waals surface area contributed by atoms with Crippen molar-refractivity contribution in [3.05, 3.63) is 76.9 Å². The predicted molar refractivity (Wildman–Crippen MR) is 104 cm³/mol. The summed E-state index contributed by atoms with van der Waals surface area (Å²) in [5.74, 6) is 0.112. The summed E-state index contributed by atoms with van der Waals surface area (Å²) in [6, 6.07) is 18.7. The molecule has 0 spiro atoms. The van der Waals surface area contributed by atoms with Gasteiger partial charge in [0.25, 0.3) is 0 Å². The molecule has 0 amide bonds. The van der Waals surface area contributed by atoms with Gasteiger partial charge in [-0.25, -0.2) is 0 Å². The first-order valence-corrected chi connectivity index (χ1v) is 9.43. The second kappa shape index (κ2) is 7.56. The molecule has 26 heavy (non-hydrogen) atoms. The third-order valence-corrected chi connectivity index (χ3v) is 5.32. The van der Waals surface area contributed by atoms with Gasteiger partial charge in [-0.05, 0) is 36.5 Å². The SMILES string of the molecule is CC(=O)c1ccc(C(=C2CCN(CC3CO3)CC2)c2ccccc2)cc1. The van der Waals surface area contributed by atoms with Crippen LogP contribution in [0, 0.1) is 0 Å². The highest BCUT2D eigenvalue weighted by Crippen LogP contribution is 2.32.